The molecule has 1 heterocycles. The maximum absolute atomic E-state index is 11.6. The second kappa shape index (κ2) is 3.38. The molecule has 0 unspecified atom stereocenters. The van der Waals surface area contributed by atoms with Crippen LogP contribution >= 0.6 is 11.8 Å². The van der Waals surface area contributed by atoms with E-state index in [1.165, 1.54) is 28.5 Å². The number of carbonyl (C=O) groups is 1. The van der Waals surface area contributed by atoms with Crippen LogP contribution in [0.25, 0.3) is 0 Å². The first-order valence-electron chi connectivity index (χ1n) is 5.22. The lowest BCUT2D eigenvalue weighted by molar-refractivity contribution is -0.112. The fraction of sp³-hybridized carbons (Fsp3) is 0.462. The normalized spacial score (nSPS) is 18.8. The Morgan fingerprint density at radius 3 is 2.47 bits per heavy atom. The van der Waals surface area contributed by atoms with Gasteiger partial charge in [-0.25, -0.2) is 0 Å². The standard InChI is InChI=1S/C13H16OS/c1-8-5-10-11(6-9(8)2)15-12(14)7-13(10,3)4/h5-6H,7H2,1-4H3. The fourth-order valence-corrected chi connectivity index (χ4v) is 3.38. The van der Waals surface area contributed by atoms with Crippen LogP contribution in [-0.4, -0.2) is 5.12 Å². The van der Waals surface area contributed by atoms with Crippen molar-refractivity contribution in [1.29, 1.82) is 0 Å². The summed E-state index contributed by atoms with van der Waals surface area (Å²) in [5.74, 6) is 0. The summed E-state index contributed by atoms with van der Waals surface area (Å²) in [6.07, 6.45) is 0.646. The third kappa shape index (κ3) is 1.83. The molecule has 0 amide bonds. The SMILES string of the molecule is Cc1cc2c(cc1C)C(C)(C)CC(=O)S2. The minimum Gasteiger partial charge on any atom is -0.287 e. The van der Waals surface area contributed by atoms with Gasteiger partial charge < -0.3 is 0 Å². The Kier molecular flexibility index (Phi) is 2.42. The summed E-state index contributed by atoms with van der Waals surface area (Å²) in [5.41, 5.74) is 3.91. The molecule has 0 bridgehead atoms. The first kappa shape index (κ1) is 10.7. The Morgan fingerprint density at radius 1 is 1.20 bits per heavy atom. The summed E-state index contributed by atoms with van der Waals surface area (Å²) in [5, 5.41) is 0.288. The van der Waals surface area contributed by atoms with Gasteiger partial charge in [0.1, 0.15) is 0 Å². The molecule has 80 valence electrons. The molecule has 1 aromatic carbocycles. The predicted molar refractivity (Wildman–Crippen MR) is 64.4 cm³/mol. The van der Waals surface area contributed by atoms with Crippen molar-refractivity contribution >= 4 is 16.9 Å². The smallest absolute Gasteiger partial charge is 0.194 e. The van der Waals surface area contributed by atoms with E-state index in [-0.39, 0.29) is 10.5 Å². The van der Waals surface area contributed by atoms with Crippen LogP contribution in [0, 0.1) is 13.8 Å². The summed E-state index contributed by atoms with van der Waals surface area (Å²) in [6, 6.07) is 4.39. The lowest BCUT2D eigenvalue weighted by Crippen LogP contribution is -2.25. The second-order valence-corrected chi connectivity index (χ2v) is 6.07. The number of hydrogen-bond acceptors (Lipinski definition) is 2. The summed E-state index contributed by atoms with van der Waals surface area (Å²) in [7, 11) is 0. The average molecular weight is 220 g/mol. The maximum Gasteiger partial charge on any atom is 0.194 e. The largest absolute Gasteiger partial charge is 0.287 e. The van der Waals surface area contributed by atoms with E-state index >= 15 is 0 Å². The molecule has 0 spiro atoms. The van der Waals surface area contributed by atoms with Crippen LogP contribution in [-0.2, 0) is 10.2 Å². The van der Waals surface area contributed by atoms with Gasteiger partial charge in [0.05, 0.1) is 0 Å². The lowest BCUT2D eigenvalue weighted by atomic mass is 9.80. The van der Waals surface area contributed by atoms with Gasteiger partial charge in [-0.1, -0.05) is 31.7 Å². The van der Waals surface area contributed by atoms with Crippen molar-refractivity contribution in [3.05, 3.63) is 28.8 Å². The number of carbonyl (C=O) groups excluding carboxylic acids is 1. The number of rotatable bonds is 0. The van der Waals surface area contributed by atoms with Crippen LogP contribution in [0.5, 0.6) is 0 Å². The van der Waals surface area contributed by atoms with E-state index in [0.717, 1.165) is 4.90 Å². The zero-order valence-electron chi connectivity index (χ0n) is 9.68. The van der Waals surface area contributed by atoms with Crippen molar-refractivity contribution in [3.8, 4) is 0 Å². The van der Waals surface area contributed by atoms with Crippen molar-refractivity contribution < 1.29 is 4.79 Å². The Morgan fingerprint density at radius 2 is 1.80 bits per heavy atom. The number of aryl methyl sites for hydroxylation is 2. The van der Waals surface area contributed by atoms with Crippen LogP contribution in [0.1, 0.15) is 37.0 Å². The molecular formula is C13H16OS. The highest BCUT2D eigenvalue weighted by molar-refractivity contribution is 8.13. The van der Waals surface area contributed by atoms with Gasteiger partial charge in [-0.3, -0.25) is 4.79 Å². The summed E-state index contributed by atoms with van der Waals surface area (Å²) < 4.78 is 0. The summed E-state index contributed by atoms with van der Waals surface area (Å²) >= 11 is 1.40. The molecular weight excluding hydrogens is 204 g/mol. The van der Waals surface area contributed by atoms with Crippen molar-refractivity contribution in [3.63, 3.8) is 0 Å². The zero-order valence-corrected chi connectivity index (χ0v) is 10.5. The van der Waals surface area contributed by atoms with Gasteiger partial charge in [-0.2, -0.15) is 0 Å². The van der Waals surface area contributed by atoms with E-state index in [4.69, 9.17) is 0 Å². The topological polar surface area (TPSA) is 17.1 Å². The molecule has 0 saturated carbocycles. The molecule has 0 radical (unpaired) electrons. The van der Waals surface area contributed by atoms with E-state index in [2.05, 4.69) is 39.8 Å². The van der Waals surface area contributed by atoms with Crippen LogP contribution in [0.4, 0.5) is 0 Å². The Balaban J connectivity index is 2.62. The molecule has 0 aromatic heterocycles. The van der Waals surface area contributed by atoms with Gasteiger partial charge in [0, 0.05) is 11.3 Å². The molecule has 0 fully saturated rings. The Bertz CT molecular complexity index is 432. The Labute approximate surface area is 95.3 Å². The first-order chi connectivity index (χ1) is 6.90. The van der Waals surface area contributed by atoms with Gasteiger partial charge in [0.2, 0.25) is 0 Å². The van der Waals surface area contributed by atoms with Gasteiger partial charge >= 0.3 is 0 Å². The quantitative estimate of drug-likeness (QED) is 0.664. The van der Waals surface area contributed by atoms with Gasteiger partial charge in [-0.05, 0) is 42.0 Å². The van der Waals surface area contributed by atoms with Crippen molar-refractivity contribution in [2.45, 2.75) is 44.4 Å². The molecule has 15 heavy (non-hydrogen) atoms. The van der Waals surface area contributed by atoms with E-state index in [1.807, 2.05) is 0 Å². The van der Waals surface area contributed by atoms with Crippen molar-refractivity contribution in [2.75, 3.05) is 0 Å². The number of thioether (sulfide) groups is 1. The lowest BCUT2D eigenvalue weighted by Gasteiger charge is -2.31. The van der Waals surface area contributed by atoms with Gasteiger partial charge in [0.15, 0.2) is 5.12 Å². The molecule has 1 aliphatic rings. The summed E-state index contributed by atoms with van der Waals surface area (Å²) in [6.45, 7) is 8.53. The molecule has 2 heteroatoms. The molecule has 2 rings (SSSR count). The second-order valence-electron chi connectivity index (χ2n) is 4.97. The van der Waals surface area contributed by atoms with Crippen LogP contribution in [0.15, 0.2) is 17.0 Å². The van der Waals surface area contributed by atoms with Crippen LogP contribution in [0.2, 0.25) is 0 Å². The molecule has 0 saturated heterocycles. The van der Waals surface area contributed by atoms with E-state index in [9.17, 15) is 4.79 Å². The molecule has 1 aliphatic heterocycles. The minimum atomic E-state index is -0.00384. The van der Waals surface area contributed by atoms with E-state index < -0.39 is 0 Å². The third-order valence-electron chi connectivity index (χ3n) is 3.14. The summed E-state index contributed by atoms with van der Waals surface area (Å²) in [4.78, 5) is 12.8. The number of benzene rings is 1. The average Bonchev–Trinajstić information content (AvgIpc) is 2.07. The third-order valence-corrected chi connectivity index (χ3v) is 4.06. The van der Waals surface area contributed by atoms with Crippen molar-refractivity contribution in [1.82, 2.24) is 0 Å². The molecule has 0 atom stereocenters. The van der Waals surface area contributed by atoms with E-state index in [1.54, 1.807) is 0 Å². The van der Waals surface area contributed by atoms with Crippen molar-refractivity contribution in [2.24, 2.45) is 0 Å². The maximum atomic E-state index is 11.6. The van der Waals surface area contributed by atoms with Crippen LogP contribution < -0.4 is 0 Å². The molecule has 0 N–H and O–H groups in total. The highest BCUT2D eigenvalue weighted by atomic mass is 32.2. The zero-order chi connectivity index (χ0) is 11.2. The highest BCUT2D eigenvalue weighted by Crippen LogP contribution is 2.43. The predicted octanol–water partition coefficient (Wildman–Crippen LogP) is 3.60. The number of fused-ring (bicyclic) bond motifs is 1. The van der Waals surface area contributed by atoms with Gasteiger partial charge in [0.25, 0.3) is 0 Å². The van der Waals surface area contributed by atoms with Crippen LogP contribution in [0.3, 0.4) is 0 Å². The first-order valence-corrected chi connectivity index (χ1v) is 6.04. The fourth-order valence-electron chi connectivity index (χ4n) is 2.02. The van der Waals surface area contributed by atoms with E-state index in [0.29, 0.717) is 6.42 Å². The Hall–Kier alpha value is -0.760. The highest BCUT2D eigenvalue weighted by Gasteiger charge is 2.32. The van der Waals surface area contributed by atoms with Gasteiger partial charge in [-0.15, -0.1) is 0 Å². The molecule has 1 aromatic rings. The monoisotopic (exact) mass is 220 g/mol. The minimum absolute atomic E-state index is 0.00384. The number of hydrogen-bond donors (Lipinski definition) is 0. The molecule has 1 nitrogen and oxygen atoms in total. The molecule has 0 aliphatic carbocycles.